The van der Waals surface area contributed by atoms with Crippen molar-refractivity contribution in [3.63, 3.8) is 0 Å². The average Bonchev–Trinajstić information content (AvgIpc) is 2.68. The summed E-state index contributed by atoms with van der Waals surface area (Å²) in [7, 11) is 0. The van der Waals surface area contributed by atoms with Gasteiger partial charge in [-0.15, -0.1) is 0 Å². The fourth-order valence-corrected chi connectivity index (χ4v) is 3.29. The molecule has 1 aromatic carbocycles. The van der Waals surface area contributed by atoms with Crippen molar-refractivity contribution < 1.29 is 9.82 Å². The molecule has 27 heavy (non-hydrogen) atoms. The monoisotopic (exact) mass is 372 g/mol. The molecule has 0 radical (unpaired) electrons. The summed E-state index contributed by atoms with van der Waals surface area (Å²) in [6.45, 7) is 7.09. The number of nitrogens with one attached hydrogen (secondary N) is 2. The molecule has 0 spiro atoms. The third-order valence-electron chi connectivity index (χ3n) is 4.88. The van der Waals surface area contributed by atoms with Crippen LogP contribution in [0, 0.1) is 10.1 Å². The van der Waals surface area contributed by atoms with E-state index in [4.69, 9.17) is 5.73 Å². The molecule has 4 N–H and O–H groups in total. The highest BCUT2D eigenvalue weighted by molar-refractivity contribution is 5.71. The maximum absolute atomic E-state index is 11.5. The number of rotatable bonds is 7. The van der Waals surface area contributed by atoms with Crippen LogP contribution in [-0.2, 0) is 6.42 Å². The number of anilines is 3. The maximum atomic E-state index is 11.5. The molecule has 1 saturated heterocycles. The minimum absolute atomic E-state index is 0.0996. The highest BCUT2D eigenvalue weighted by Gasteiger charge is 2.30. The van der Waals surface area contributed by atoms with Gasteiger partial charge in [0.05, 0.1) is 37.6 Å². The molecule has 1 aromatic heterocycles. The van der Waals surface area contributed by atoms with E-state index in [1.807, 2.05) is 35.2 Å². The summed E-state index contributed by atoms with van der Waals surface area (Å²) in [4.78, 5) is 23.0. The van der Waals surface area contributed by atoms with Crippen molar-refractivity contribution >= 4 is 23.3 Å². The summed E-state index contributed by atoms with van der Waals surface area (Å²) >= 11 is 0. The van der Waals surface area contributed by atoms with E-state index in [2.05, 4.69) is 22.2 Å². The number of nitrogen functional groups attached to an aromatic ring is 1. The Hall–Kier alpha value is -2.94. The van der Waals surface area contributed by atoms with Gasteiger partial charge in [-0.2, -0.15) is 9.97 Å². The summed E-state index contributed by atoms with van der Waals surface area (Å²) in [6.07, 6.45) is 0.801. The van der Waals surface area contributed by atoms with E-state index in [9.17, 15) is 10.1 Å². The lowest BCUT2D eigenvalue weighted by atomic mass is 10.1. The van der Waals surface area contributed by atoms with Gasteiger partial charge in [-0.25, -0.2) is 0 Å². The van der Waals surface area contributed by atoms with Gasteiger partial charge in [-0.05, 0) is 18.9 Å². The highest BCUT2D eigenvalue weighted by Crippen LogP contribution is 2.31. The van der Waals surface area contributed by atoms with Crippen LogP contribution in [0.15, 0.2) is 30.3 Å². The van der Waals surface area contributed by atoms with Gasteiger partial charge in [0.25, 0.3) is 0 Å². The Kier molecular flexibility index (Phi) is 6.02. The second-order valence-corrected chi connectivity index (χ2v) is 6.61. The van der Waals surface area contributed by atoms with Crippen LogP contribution in [0.4, 0.5) is 23.3 Å². The van der Waals surface area contributed by atoms with Crippen LogP contribution in [0.5, 0.6) is 0 Å². The molecule has 0 aliphatic carbocycles. The highest BCUT2D eigenvalue weighted by atomic mass is 16.6. The van der Waals surface area contributed by atoms with Gasteiger partial charge >= 0.3 is 5.69 Å². The molecule has 144 valence electrons. The Morgan fingerprint density at radius 1 is 1.26 bits per heavy atom. The first-order valence-corrected chi connectivity index (χ1v) is 9.26. The maximum Gasteiger partial charge on any atom is 0.353 e. The Morgan fingerprint density at radius 3 is 2.59 bits per heavy atom. The predicted octanol–water partition coefficient (Wildman–Crippen LogP) is 0.346. The first kappa shape index (κ1) is 18.8. The summed E-state index contributed by atoms with van der Waals surface area (Å²) in [5.41, 5.74) is 6.89. The molecule has 0 unspecified atom stereocenters. The van der Waals surface area contributed by atoms with Crippen molar-refractivity contribution in [3.8, 4) is 0 Å². The topological polar surface area (TPSA) is 115 Å². The number of piperazine rings is 1. The van der Waals surface area contributed by atoms with E-state index in [0.29, 0.717) is 31.4 Å². The number of benzene rings is 1. The Bertz CT molecular complexity index is 777. The minimum atomic E-state index is -0.489. The normalized spacial score (nSPS) is 14.9. The number of quaternary nitrogens is 1. The standard InChI is InChI=1S/C18H25N7O2/c1-2-23-10-12-24(13-11-23)17-15(25(26)27)16(19)21-18(22-17)20-9-8-14-6-4-3-5-7-14/h3-7H,2,8-13H2,1H3,(H3,19,20,21,22)/p+1. The summed E-state index contributed by atoms with van der Waals surface area (Å²) in [6, 6.07) is 10.1. The molecule has 1 aliphatic rings. The molecule has 0 bridgehead atoms. The summed E-state index contributed by atoms with van der Waals surface area (Å²) in [5.74, 6) is 0.539. The lowest BCUT2D eigenvalue weighted by molar-refractivity contribution is -0.898. The Labute approximate surface area is 158 Å². The van der Waals surface area contributed by atoms with E-state index in [1.54, 1.807) is 0 Å². The number of hydrogen-bond acceptors (Lipinski definition) is 7. The van der Waals surface area contributed by atoms with Crippen molar-refractivity contribution in [2.45, 2.75) is 13.3 Å². The van der Waals surface area contributed by atoms with Gasteiger partial charge in [-0.3, -0.25) is 10.1 Å². The molecule has 0 saturated carbocycles. The van der Waals surface area contributed by atoms with Crippen LogP contribution in [0.2, 0.25) is 0 Å². The predicted molar refractivity (Wildman–Crippen MR) is 105 cm³/mol. The zero-order chi connectivity index (χ0) is 19.2. The second-order valence-electron chi connectivity index (χ2n) is 6.61. The van der Waals surface area contributed by atoms with Crippen LogP contribution in [0.25, 0.3) is 0 Å². The third kappa shape index (κ3) is 4.62. The SMILES string of the molecule is CC[NH+]1CCN(c2nc(NCCc3ccccc3)nc(N)c2[N+](=O)[O-])CC1. The number of nitrogens with two attached hydrogens (primary N) is 1. The van der Waals surface area contributed by atoms with Crippen molar-refractivity contribution in [2.24, 2.45) is 0 Å². The van der Waals surface area contributed by atoms with Crippen LogP contribution >= 0.6 is 0 Å². The van der Waals surface area contributed by atoms with Crippen LogP contribution < -0.4 is 20.9 Å². The number of likely N-dealkylation sites (N-methyl/N-ethyl adjacent to an activating group) is 1. The second kappa shape index (κ2) is 8.63. The number of nitrogens with zero attached hydrogens (tertiary/aromatic N) is 4. The number of nitro groups is 1. The van der Waals surface area contributed by atoms with Gasteiger partial charge in [0.15, 0.2) is 0 Å². The van der Waals surface area contributed by atoms with Gasteiger partial charge in [-0.1, -0.05) is 30.3 Å². The zero-order valence-corrected chi connectivity index (χ0v) is 15.5. The number of hydrogen-bond donors (Lipinski definition) is 3. The van der Waals surface area contributed by atoms with Crippen LogP contribution in [0.3, 0.4) is 0 Å². The molecular weight excluding hydrogens is 346 g/mol. The number of aromatic nitrogens is 2. The van der Waals surface area contributed by atoms with Crippen LogP contribution in [-0.4, -0.2) is 54.2 Å². The Morgan fingerprint density at radius 2 is 1.96 bits per heavy atom. The molecular formula is C18H26N7O2+. The largest absolute Gasteiger partial charge is 0.378 e. The first-order valence-electron chi connectivity index (χ1n) is 9.26. The minimum Gasteiger partial charge on any atom is -0.378 e. The smallest absolute Gasteiger partial charge is 0.353 e. The Balaban J connectivity index is 1.75. The molecule has 3 rings (SSSR count). The molecule has 9 nitrogen and oxygen atoms in total. The summed E-state index contributed by atoms with van der Waals surface area (Å²) in [5, 5.41) is 14.7. The van der Waals surface area contributed by atoms with Gasteiger partial charge < -0.3 is 20.9 Å². The van der Waals surface area contributed by atoms with Crippen molar-refractivity contribution in [2.75, 3.05) is 55.2 Å². The van der Waals surface area contributed by atoms with E-state index in [0.717, 1.165) is 26.1 Å². The molecule has 1 aliphatic heterocycles. The summed E-state index contributed by atoms with van der Waals surface area (Å²) < 4.78 is 0. The van der Waals surface area contributed by atoms with E-state index >= 15 is 0 Å². The third-order valence-corrected chi connectivity index (χ3v) is 4.88. The lowest BCUT2D eigenvalue weighted by Crippen LogP contribution is -3.14. The molecule has 1 fully saturated rings. The van der Waals surface area contributed by atoms with Crippen LogP contribution in [0.1, 0.15) is 12.5 Å². The zero-order valence-electron chi connectivity index (χ0n) is 15.5. The lowest BCUT2D eigenvalue weighted by Gasteiger charge is -2.32. The van der Waals surface area contributed by atoms with Gasteiger partial charge in [0.1, 0.15) is 0 Å². The molecule has 9 heteroatoms. The fraction of sp³-hybridized carbons (Fsp3) is 0.444. The molecule has 0 atom stereocenters. The van der Waals surface area contributed by atoms with Crippen molar-refractivity contribution in [1.82, 2.24) is 9.97 Å². The quantitative estimate of drug-likeness (QED) is 0.474. The van der Waals surface area contributed by atoms with E-state index in [1.165, 1.54) is 10.5 Å². The van der Waals surface area contributed by atoms with Crippen molar-refractivity contribution in [3.05, 3.63) is 46.0 Å². The first-order chi connectivity index (χ1) is 13.1. The molecule has 0 amide bonds. The fourth-order valence-electron chi connectivity index (χ4n) is 3.29. The van der Waals surface area contributed by atoms with Gasteiger partial charge in [0, 0.05) is 6.54 Å². The van der Waals surface area contributed by atoms with Crippen molar-refractivity contribution in [1.29, 1.82) is 0 Å². The van der Waals surface area contributed by atoms with Gasteiger partial charge in [0.2, 0.25) is 17.6 Å². The van der Waals surface area contributed by atoms with E-state index in [-0.39, 0.29) is 11.5 Å². The average molecular weight is 372 g/mol. The van der Waals surface area contributed by atoms with E-state index < -0.39 is 4.92 Å². The molecule has 2 heterocycles. The molecule has 2 aromatic rings.